The standard InChI is InChI=1S/C16H22N2/c1-11-5-7-15(13(3)8-11)18-16-9-12(2)4-6-14(16)10-17/h4,6,9,11,13,15,18H,5,7-8H2,1-3H3. The van der Waals surface area contributed by atoms with Crippen molar-refractivity contribution in [2.24, 2.45) is 11.8 Å². The van der Waals surface area contributed by atoms with Gasteiger partial charge >= 0.3 is 0 Å². The molecule has 1 N–H and O–H groups in total. The Labute approximate surface area is 110 Å². The molecule has 1 aromatic rings. The average Bonchev–Trinajstić information content (AvgIpc) is 2.33. The number of nitriles is 1. The molecule has 0 radical (unpaired) electrons. The summed E-state index contributed by atoms with van der Waals surface area (Å²) in [5.41, 5.74) is 2.96. The van der Waals surface area contributed by atoms with Gasteiger partial charge in [-0.3, -0.25) is 0 Å². The molecule has 1 saturated carbocycles. The predicted molar refractivity (Wildman–Crippen MR) is 75.5 cm³/mol. The fraction of sp³-hybridized carbons (Fsp3) is 0.562. The van der Waals surface area contributed by atoms with Crippen molar-refractivity contribution in [2.45, 2.75) is 46.1 Å². The molecule has 96 valence electrons. The topological polar surface area (TPSA) is 35.8 Å². The first kappa shape index (κ1) is 13.0. The van der Waals surface area contributed by atoms with E-state index in [0.717, 1.165) is 17.2 Å². The first-order chi connectivity index (χ1) is 8.60. The van der Waals surface area contributed by atoms with Crippen LogP contribution in [0.15, 0.2) is 18.2 Å². The van der Waals surface area contributed by atoms with Crippen LogP contribution < -0.4 is 5.32 Å². The summed E-state index contributed by atoms with van der Waals surface area (Å²) >= 11 is 0. The van der Waals surface area contributed by atoms with Gasteiger partial charge in [-0.1, -0.05) is 19.9 Å². The predicted octanol–water partition coefficient (Wildman–Crippen LogP) is 4.10. The molecule has 0 saturated heterocycles. The van der Waals surface area contributed by atoms with Crippen molar-refractivity contribution in [3.63, 3.8) is 0 Å². The molecule has 0 heterocycles. The number of nitrogens with one attached hydrogen (secondary N) is 1. The molecule has 2 rings (SSSR count). The highest BCUT2D eigenvalue weighted by atomic mass is 14.9. The second-order valence-corrected chi connectivity index (χ2v) is 5.81. The summed E-state index contributed by atoms with van der Waals surface area (Å²) in [6, 6.07) is 8.78. The maximum absolute atomic E-state index is 9.16. The molecule has 1 aromatic carbocycles. The Bertz CT molecular complexity index is 459. The van der Waals surface area contributed by atoms with Crippen molar-refractivity contribution in [2.75, 3.05) is 5.32 Å². The van der Waals surface area contributed by atoms with Gasteiger partial charge in [-0.15, -0.1) is 0 Å². The van der Waals surface area contributed by atoms with E-state index < -0.39 is 0 Å². The quantitative estimate of drug-likeness (QED) is 0.847. The summed E-state index contributed by atoms with van der Waals surface area (Å²) in [6.07, 6.45) is 3.78. The fourth-order valence-corrected chi connectivity index (χ4v) is 2.95. The third-order valence-corrected chi connectivity index (χ3v) is 4.07. The highest BCUT2D eigenvalue weighted by molar-refractivity contribution is 5.59. The number of rotatable bonds is 2. The van der Waals surface area contributed by atoms with Crippen molar-refractivity contribution in [3.8, 4) is 6.07 Å². The number of anilines is 1. The highest BCUT2D eigenvalue weighted by Gasteiger charge is 2.25. The van der Waals surface area contributed by atoms with E-state index in [1.807, 2.05) is 12.1 Å². The normalized spacial score (nSPS) is 27.6. The van der Waals surface area contributed by atoms with Crippen LogP contribution in [0.1, 0.15) is 44.2 Å². The maximum atomic E-state index is 9.16. The van der Waals surface area contributed by atoms with E-state index in [1.165, 1.54) is 24.8 Å². The van der Waals surface area contributed by atoms with E-state index in [2.05, 4.69) is 38.2 Å². The monoisotopic (exact) mass is 242 g/mol. The first-order valence-corrected chi connectivity index (χ1v) is 6.87. The lowest BCUT2D eigenvalue weighted by Gasteiger charge is -2.34. The van der Waals surface area contributed by atoms with Crippen molar-refractivity contribution in [1.82, 2.24) is 0 Å². The lowest BCUT2D eigenvalue weighted by molar-refractivity contribution is 0.276. The molecule has 3 unspecified atom stereocenters. The number of hydrogen-bond donors (Lipinski definition) is 1. The molecule has 2 nitrogen and oxygen atoms in total. The van der Waals surface area contributed by atoms with Gasteiger partial charge < -0.3 is 5.32 Å². The van der Waals surface area contributed by atoms with Crippen LogP contribution in [-0.4, -0.2) is 6.04 Å². The summed E-state index contributed by atoms with van der Waals surface area (Å²) in [7, 11) is 0. The third-order valence-electron chi connectivity index (χ3n) is 4.07. The molecule has 1 fully saturated rings. The van der Waals surface area contributed by atoms with Crippen LogP contribution in [0.25, 0.3) is 0 Å². The molecule has 1 aliphatic rings. The summed E-state index contributed by atoms with van der Waals surface area (Å²) in [4.78, 5) is 0. The largest absolute Gasteiger partial charge is 0.381 e. The van der Waals surface area contributed by atoms with Crippen LogP contribution in [0.3, 0.4) is 0 Å². The van der Waals surface area contributed by atoms with E-state index in [9.17, 15) is 0 Å². The number of hydrogen-bond acceptors (Lipinski definition) is 2. The van der Waals surface area contributed by atoms with Gasteiger partial charge in [0.15, 0.2) is 0 Å². The summed E-state index contributed by atoms with van der Waals surface area (Å²) in [5, 5.41) is 12.7. The summed E-state index contributed by atoms with van der Waals surface area (Å²) in [6.45, 7) is 6.72. The van der Waals surface area contributed by atoms with Gasteiger partial charge in [0.1, 0.15) is 6.07 Å². The molecule has 18 heavy (non-hydrogen) atoms. The Kier molecular flexibility index (Phi) is 3.91. The molecule has 0 bridgehead atoms. The zero-order valence-electron chi connectivity index (χ0n) is 11.5. The Morgan fingerprint density at radius 2 is 2.06 bits per heavy atom. The minimum absolute atomic E-state index is 0.509. The number of aryl methyl sites for hydroxylation is 1. The molecule has 0 amide bonds. The maximum Gasteiger partial charge on any atom is 0.101 e. The van der Waals surface area contributed by atoms with Gasteiger partial charge in [0.05, 0.1) is 11.3 Å². The summed E-state index contributed by atoms with van der Waals surface area (Å²) < 4.78 is 0. The van der Waals surface area contributed by atoms with Crippen molar-refractivity contribution < 1.29 is 0 Å². The minimum Gasteiger partial charge on any atom is -0.381 e. The number of nitrogens with zero attached hydrogens (tertiary/aromatic N) is 1. The molecule has 0 spiro atoms. The third kappa shape index (κ3) is 2.85. The highest BCUT2D eigenvalue weighted by Crippen LogP contribution is 2.31. The van der Waals surface area contributed by atoms with Gasteiger partial charge in [-0.2, -0.15) is 5.26 Å². The van der Waals surface area contributed by atoms with Crippen molar-refractivity contribution in [3.05, 3.63) is 29.3 Å². The lowest BCUT2D eigenvalue weighted by atomic mass is 9.79. The minimum atomic E-state index is 0.509. The van der Waals surface area contributed by atoms with Gasteiger partial charge in [-0.25, -0.2) is 0 Å². The lowest BCUT2D eigenvalue weighted by Crippen LogP contribution is -2.33. The molecule has 3 atom stereocenters. The molecule has 1 aliphatic carbocycles. The van der Waals surface area contributed by atoms with E-state index in [-0.39, 0.29) is 0 Å². The zero-order valence-corrected chi connectivity index (χ0v) is 11.5. The molecule has 0 aromatic heterocycles. The van der Waals surface area contributed by atoms with Crippen LogP contribution in [0.2, 0.25) is 0 Å². The van der Waals surface area contributed by atoms with Crippen molar-refractivity contribution in [1.29, 1.82) is 5.26 Å². The number of benzene rings is 1. The molecule has 0 aliphatic heterocycles. The van der Waals surface area contributed by atoms with Crippen LogP contribution in [0.4, 0.5) is 5.69 Å². The van der Waals surface area contributed by atoms with E-state index in [4.69, 9.17) is 5.26 Å². The Hall–Kier alpha value is -1.49. The zero-order chi connectivity index (χ0) is 13.1. The molecular weight excluding hydrogens is 220 g/mol. The fourth-order valence-electron chi connectivity index (χ4n) is 2.95. The van der Waals surface area contributed by atoms with E-state index in [0.29, 0.717) is 12.0 Å². The summed E-state index contributed by atoms with van der Waals surface area (Å²) in [5.74, 6) is 1.52. The smallest absolute Gasteiger partial charge is 0.101 e. The van der Waals surface area contributed by atoms with E-state index in [1.54, 1.807) is 0 Å². The second-order valence-electron chi connectivity index (χ2n) is 5.81. The van der Waals surface area contributed by atoms with E-state index >= 15 is 0 Å². The van der Waals surface area contributed by atoms with Crippen LogP contribution in [0.5, 0.6) is 0 Å². The Balaban J connectivity index is 2.14. The second kappa shape index (κ2) is 5.44. The van der Waals surface area contributed by atoms with Crippen LogP contribution in [-0.2, 0) is 0 Å². The van der Waals surface area contributed by atoms with Gasteiger partial charge in [0.25, 0.3) is 0 Å². The SMILES string of the molecule is Cc1ccc(C#N)c(NC2CCC(C)CC2C)c1. The molecule has 2 heteroatoms. The Morgan fingerprint density at radius 1 is 1.28 bits per heavy atom. The Morgan fingerprint density at radius 3 is 2.72 bits per heavy atom. The first-order valence-electron chi connectivity index (χ1n) is 6.87. The van der Waals surface area contributed by atoms with Gasteiger partial charge in [-0.05, 0) is 55.7 Å². The van der Waals surface area contributed by atoms with Crippen LogP contribution >= 0.6 is 0 Å². The molecular formula is C16H22N2. The van der Waals surface area contributed by atoms with Crippen LogP contribution in [0, 0.1) is 30.1 Å². The van der Waals surface area contributed by atoms with Gasteiger partial charge in [0.2, 0.25) is 0 Å². The average molecular weight is 242 g/mol. The van der Waals surface area contributed by atoms with Crippen molar-refractivity contribution >= 4 is 5.69 Å². The van der Waals surface area contributed by atoms with Gasteiger partial charge in [0, 0.05) is 6.04 Å².